The second-order valence-corrected chi connectivity index (χ2v) is 15.8. The Kier molecular flexibility index (Phi) is 11.5. The number of nitrogens with one attached hydrogen (secondary N) is 2. The second-order valence-electron chi connectivity index (χ2n) is 12.8. The van der Waals surface area contributed by atoms with Gasteiger partial charge >= 0.3 is 11.9 Å². The fourth-order valence-electron chi connectivity index (χ4n) is 6.27. The van der Waals surface area contributed by atoms with Crippen LogP contribution in [0.4, 0.5) is 10.7 Å². The van der Waals surface area contributed by atoms with Gasteiger partial charge in [0.05, 0.1) is 29.7 Å². The number of nitrogens with zero attached hydrogens (tertiary/aromatic N) is 1. The first kappa shape index (κ1) is 36.9. The molecule has 11 nitrogen and oxygen atoms in total. The summed E-state index contributed by atoms with van der Waals surface area (Å²) in [6, 6.07) is 20.4. The van der Waals surface area contributed by atoms with Crippen molar-refractivity contribution in [3.05, 3.63) is 111 Å². The third kappa shape index (κ3) is 8.60. The maximum absolute atomic E-state index is 13.8. The number of anilines is 2. The Morgan fingerprint density at radius 1 is 0.846 bits per heavy atom. The van der Waals surface area contributed by atoms with Crippen molar-refractivity contribution in [1.29, 1.82) is 0 Å². The summed E-state index contributed by atoms with van der Waals surface area (Å²) in [5.74, 6) is -1.87. The highest BCUT2D eigenvalue weighted by Crippen LogP contribution is 2.39. The number of thiophene rings is 1. The number of hydrogen-bond donors (Lipinski definition) is 2. The average molecular weight is 744 g/mol. The molecule has 2 aliphatic rings. The van der Waals surface area contributed by atoms with E-state index < -0.39 is 28.4 Å². The smallest absolute Gasteiger partial charge is 0.337 e. The summed E-state index contributed by atoms with van der Waals surface area (Å²) in [6.45, 7) is 1.41. The van der Waals surface area contributed by atoms with Crippen LogP contribution >= 0.6 is 11.3 Å². The first-order valence-corrected chi connectivity index (χ1v) is 19.6. The van der Waals surface area contributed by atoms with Gasteiger partial charge in [-0.3, -0.25) is 14.4 Å². The molecule has 0 bridgehead atoms. The first-order valence-electron chi connectivity index (χ1n) is 17.4. The summed E-state index contributed by atoms with van der Waals surface area (Å²) in [4.78, 5) is 52.3. The molecule has 2 N–H and O–H groups in total. The van der Waals surface area contributed by atoms with Gasteiger partial charge in [0.2, 0.25) is 10.0 Å². The molecule has 0 atom stereocenters. The summed E-state index contributed by atoms with van der Waals surface area (Å²) in [7, 11) is -2.73. The zero-order valence-corrected chi connectivity index (χ0v) is 30.7. The third-order valence-corrected chi connectivity index (χ3v) is 12.3. The fraction of sp³-hybridized carbons (Fsp3) is 0.333. The van der Waals surface area contributed by atoms with E-state index in [2.05, 4.69) is 10.6 Å². The highest BCUT2D eigenvalue weighted by molar-refractivity contribution is 7.89. The Morgan fingerprint density at radius 3 is 2.17 bits per heavy atom. The standard InChI is InChI=1S/C39H41N3O8S2/c1-3-50-34(43)24-42(30-21-22-30)52(47,48)31-8-6-7-28(23-31)36(44)41-38-35(32-9-4-5-10-33(32)51-38)37(45)40-29-19-15-26(16-20-29)12-11-25-13-17-27(18-14-25)39(46)49-2/h6-8,13-20,23,30H,3-5,9-12,21-22,24H2,1-2H3,(H,40,45)(H,41,44). The van der Waals surface area contributed by atoms with Gasteiger partial charge in [-0.1, -0.05) is 30.3 Å². The number of carbonyl (C=O) groups excluding carboxylic acids is 4. The Bertz CT molecular complexity index is 2070. The van der Waals surface area contributed by atoms with Crippen molar-refractivity contribution in [2.45, 2.75) is 69.2 Å². The zero-order valence-electron chi connectivity index (χ0n) is 29.1. The van der Waals surface area contributed by atoms with Crippen LogP contribution in [0, 0.1) is 0 Å². The van der Waals surface area contributed by atoms with Gasteiger partial charge in [0.15, 0.2) is 0 Å². The van der Waals surface area contributed by atoms with E-state index >= 15 is 0 Å². The number of hydrogen-bond acceptors (Lipinski definition) is 9. The molecule has 0 saturated heterocycles. The van der Waals surface area contributed by atoms with Crippen LogP contribution in [0.25, 0.3) is 0 Å². The average Bonchev–Trinajstić information content (AvgIpc) is 3.93. The molecule has 13 heteroatoms. The zero-order chi connectivity index (χ0) is 36.8. The summed E-state index contributed by atoms with van der Waals surface area (Å²) >= 11 is 1.38. The monoisotopic (exact) mass is 743 g/mol. The number of sulfonamides is 1. The van der Waals surface area contributed by atoms with Gasteiger partial charge in [-0.05, 0) is 117 Å². The number of esters is 2. The summed E-state index contributed by atoms with van der Waals surface area (Å²) in [6.07, 6.45) is 6.28. The summed E-state index contributed by atoms with van der Waals surface area (Å²) in [5.41, 5.74) is 4.75. The minimum Gasteiger partial charge on any atom is -0.465 e. The van der Waals surface area contributed by atoms with Crippen molar-refractivity contribution in [3.63, 3.8) is 0 Å². The van der Waals surface area contributed by atoms with Crippen molar-refractivity contribution in [1.82, 2.24) is 4.31 Å². The molecule has 6 rings (SSSR count). The number of ether oxygens (including phenoxy) is 2. The van der Waals surface area contributed by atoms with Crippen LogP contribution < -0.4 is 10.6 Å². The number of benzene rings is 3. The number of fused-ring (bicyclic) bond motifs is 1. The van der Waals surface area contributed by atoms with Gasteiger partial charge in [0.25, 0.3) is 11.8 Å². The van der Waals surface area contributed by atoms with E-state index in [4.69, 9.17) is 9.47 Å². The predicted molar refractivity (Wildman–Crippen MR) is 198 cm³/mol. The summed E-state index contributed by atoms with van der Waals surface area (Å²) in [5, 5.41) is 6.33. The lowest BCUT2D eigenvalue weighted by Gasteiger charge is -2.21. The maximum Gasteiger partial charge on any atom is 0.337 e. The van der Waals surface area contributed by atoms with E-state index in [0.717, 1.165) is 64.4 Å². The van der Waals surface area contributed by atoms with Gasteiger partial charge in [0, 0.05) is 22.2 Å². The van der Waals surface area contributed by atoms with Crippen LogP contribution in [-0.4, -0.2) is 62.8 Å². The van der Waals surface area contributed by atoms with E-state index in [1.165, 1.54) is 42.7 Å². The quantitative estimate of drug-likeness (QED) is 0.141. The van der Waals surface area contributed by atoms with Crippen molar-refractivity contribution in [3.8, 4) is 0 Å². The normalized spacial score (nSPS) is 14.0. The Hall–Kier alpha value is -4.85. The number of amides is 2. The Morgan fingerprint density at radius 2 is 1.52 bits per heavy atom. The molecule has 1 heterocycles. The van der Waals surface area contributed by atoms with E-state index in [1.54, 1.807) is 19.1 Å². The highest BCUT2D eigenvalue weighted by Gasteiger charge is 2.40. The molecule has 2 amide bonds. The van der Waals surface area contributed by atoms with Gasteiger partial charge < -0.3 is 20.1 Å². The minimum atomic E-state index is -4.09. The molecule has 3 aromatic carbocycles. The predicted octanol–water partition coefficient (Wildman–Crippen LogP) is 6.42. The van der Waals surface area contributed by atoms with E-state index in [9.17, 15) is 27.6 Å². The molecule has 52 heavy (non-hydrogen) atoms. The SMILES string of the molecule is CCOC(=O)CN(C1CC1)S(=O)(=O)c1cccc(C(=O)Nc2sc3c(c2C(=O)Nc2ccc(CCc4ccc(C(=O)OC)cc4)cc2)CCCC3)c1. The molecule has 1 fully saturated rings. The number of aryl methyl sites for hydroxylation is 3. The van der Waals surface area contributed by atoms with Gasteiger partial charge in [0.1, 0.15) is 11.5 Å². The lowest BCUT2D eigenvalue weighted by molar-refractivity contribution is -0.143. The van der Waals surface area contributed by atoms with E-state index in [0.29, 0.717) is 34.7 Å². The molecule has 1 saturated carbocycles. The van der Waals surface area contributed by atoms with Crippen molar-refractivity contribution in [2.24, 2.45) is 0 Å². The summed E-state index contributed by atoms with van der Waals surface area (Å²) < 4.78 is 38.2. The largest absolute Gasteiger partial charge is 0.465 e. The van der Waals surface area contributed by atoms with Crippen molar-refractivity contribution >= 4 is 55.8 Å². The lowest BCUT2D eigenvalue weighted by Crippen LogP contribution is -2.38. The molecule has 0 spiro atoms. The van der Waals surface area contributed by atoms with Crippen LogP contribution in [0.3, 0.4) is 0 Å². The van der Waals surface area contributed by atoms with Crippen molar-refractivity contribution < 1.29 is 37.1 Å². The molecule has 272 valence electrons. The maximum atomic E-state index is 13.8. The fourth-order valence-corrected chi connectivity index (χ4v) is 9.23. The Balaban J connectivity index is 1.15. The van der Waals surface area contributed by atoms with Gasteiger partial charge in [-0.15, -0.1) is 11.3 Å². The molecule has 2 aliphatic carbocycles. The topological polar surface area (TPSA) is 148 Å². The third-order valence-electron chi connectivity index (χ3n) is 9.16. The molecule has 0 aliphatic heterocycles. The molecule has 4 aromatic rings. The van der Waals surface area contributed by atoms with Crippen LogP contribution in [0.5, 0.6) is 0 Å². The Labute approximate surface area is 307 Å². The molecular formula is C39H41N3O8S2. The molecule has 1 aromatic heterocycles. The van der Waals surface area contributed by atoms with Crippen LogP contribution in [-0.2, 0) is 50.0 Å². The molecule has 0 unspecified atom stereocenters. The number of carbonyl (C=O) groups is 4. The van der Waals surface area contributed by atoms with E-state index in [1.807, 2.05) is 36.4 Å². The van der Waals surface area contributed by atoms with Crippen LogP contribution in [0.15, 0.2) is 77.7 Å². The van der Waals surface area contributed by atoms with E-state index in [-0.39, 0.29) is 35.0 Å². The minimum absolute atomic E-state index is 0.0975. The number of methoxy groups -OCH3 is 1. The number of rotatable bonds is 14. The van der Waals surface area contributed by atoms with Gasteiger partial charge in [-0.2, -0.15) is 4.31 Å². The molecule has 0 radical (unpaired) electrons. The van der Waals surface area contributed by atoms with Crippen LogP contribution in [0.1, 0.15) is 85.2 Å². The van der Waals surface area contributed by atoms with Crippen LogP contribution in [0.2, 0.25) is 0 Å². The highest BCUT2D eigenvalue weighted by atomic mass is 32.2. The second kappa shape index (κ2) is 16.2. The first-order chi connectivity index (χ1) is 25.1. The molecular weight excluding hydrogens is 703 g/mol. The van der Waals surface area contributed by atoms with Gasteiger partial charge in [-0.25, -0.2) is 13.2 Å². The van der Waals surface area contributed by atoms with Crippen molar-refractivity contribution in [2.75, 3.05) is 30.9 Å². The lowest BCUT2D eigenvalue weighted by atomic mass is 9.95.